The molecule has 2 N–H and O–H groups in total. The first kappa shape index (κ1) is 14.9. The Hall–Kier alpha value is -2.03. The Bertz CT molecular complexity index is 764. The van der Waals surface area contributed by atoms with Crippen LogP contribution in [0.1, 0.15) is 27.2 Å². The Balaban J connectivity index is 1.62. The molecule has 0 spiro atoms. The summed E-state index contributed by atoms with van der Waals surface area (Å²) in [5.41, 5.74) is 1.55. The number of thiophene rings is 1. The molecule has 0 aliphatic rings. The molecule has 0 bridgehead atoms. The molecule has 0 aliphatic carbocycles. The molecular weight excluding hydrogens is 322 g/mol. The molecule has 3 heterocycles. The van der Waals surface area contributed by atoms with Crippen LogP contribution in [0.15, 0.2) is 33.4 Å². The highest BCUT2D eigenvalue weighted by molar-refractivity contribution is 7.08. The van der Waals surface area contributed by atoms with Crippen LogP contribution in [0.3, 0.4) is 0 Å². The van der Waals surface area contributed by atoms with Gasteiger partial charge in [0.15, 0.2) is 0 Å². The van der Waals surface area contributed by atoms with Crippen LogP contribution in [0.5, 0.6) is 0 Å². The molecule has 0 aliphatic heterocycles. The molecule has 0 aromatic carbocycles. The van der Waals surface area contributed by atoms with Gasteiger partial charge in [0, 0.05) is 10.9 Å². The van der Waals surface area contributed by atoms with Crippen LogP contribution < -0.4 is 5.32 Å². The van der Waals surface area contributed by atoms with Gasteiger partial charge in [0.05, 0.1) is 12.2 Å². The van der Waals surface area contributed by atoms with Crippen LogP contribution >= 0.6 is 22.9 Å². The van der Waals surface area contributed by atoms with E-state index >= 15 is 0 Å². The third kappa shape index (κ3) is 3.08. The summed E-state index contributed by atoms with van der Waals surface area (Å²) in [5, 5.41) is 20.5. The first-order valence-electron chi connectivity index (χ1n) is 6.52. The summed E-state index contributed by atoms with van der Waals surface area (Å²) < 4.78 is 9.33. The molecule has 3 rings (SSSR count). The summed E-state index contributed by atoms with van der Waals surface area (Å²) in [7, 11) is 0. The SMILES string of the molecule is Cc1nnsc1C(=O)NC[C@H](O)c1ccc(-c2ccsc2)o1. The van der Waals surface area contributed by atoms with Crippen LogP contribution in [-0.4, -0.2) is 27.1 Å². The van der Waals surface area contributed by atoms with Gasteiger partial charge in [-0.1, -0.05) is 4.49 Å². The highest BCUT2D eigenvalue weighted by atomic mass is 32.1. The predicted octanol–water partition coefficient (Wildman–Crippen LogP) is 2.63. The van der Waals surface area contributed by atoms with Crippen LogP contribution in [0.4, 0.5) is 0 Å². The van der Waals surface area contributed by atoms with Gasteiger partial charge >= 0.3 is 0 Å². The van der Waals surface area contributed by atoms with Crippen LogP contribution in [0.25, 0.3) is 11.3 Å². The number of aromatic nitrogens is 2. The van der Waals surface area contributed by atoms with Gasteiger partial charge in [-0.15, -0.1) is 5.10 Å². The number of aryl methyl sites for hydroxylation is 1. The number of carbonyl (C=O) groups is 1. The minimum atomic E-state index is -0.905. The fourth-order valence-electron chi connectivity index (χ4n) is 1.90. The molecule has 1 amide bonds. The van der Waals surface area contributed by atoms with E-state index < -0.39 is 6.10 Å². The molecule has 0 fully saturated rings. The number of hydrogen-bond donors (Lipinski definition) is 2. The van der Waals surface area contributed by atoms with Crippen molar-refractivity contribution in [3.63, 3.8) is 0 Å². The molecule has 1 atom stereocenters. The Labute approximate surface area is 134 Å². The van der Waals surface area contributed by atoms with Gasteiger partial charge in [-0.2, -0.15) is 11.3 Å². The highest BCUT2D eigenvalue weighted by Crippen LogP contribution is 2.26. The molecular formula is C14H13N3O3S2. The Kier molecular flexibility index (Phi) is 4.32. The summed E-state index contributed by atoms with van der Waals surface area (Å²) in [6, 6.07) is 5.46. The minimum Gasteiger partial charge on any atom is -0.458 e. The molecule has 8 heteroatoms. The Morgan fingerprint density at radius 1 is 1.45 bits per heavy atom. The quantitative estimate of drug-likeness (QED) is 0.748. The van der Waals surface area contributed by atoms with Crippen molar-refractivity contribution >= 4 is 28.8 Å². The number of furan rings is 1. The van der Waals surface area contributed by atoms with E-state index in [1.807, 2.05) is 16.8 Å². The number of amides is 1. The second kappa shape index (κ2) is 6.39. The Morgan fingerprint density at radius 3 is 3.00 bits per heavy atom. The third-order valence-electron chi connectivity index (χ3n) is 3.07. The second-order valence-electron chi connectivity index (χ2n) is 4.63. The number of aliphatic hydroxyl groups excluding tert-OH is 1. The molecule has 3 aromatic rings. The Morgan fingerprint density at radius 2 is 2.32 bits per heavy atom. The summed E-state index contributed by atoms with van der Waals surface area (Å²) in [6.45, 7) is 1.78. The van der Waals surface area contributed by atoms with E-state index in [0.717, 1.165) is 17.1 Å². The van der Waals surface area contributed by atoms with Crippen molar-refractivity contribution < 1.29 is 14.3 Å². The van der Waals surface area contributed by atoms with E-state index in [2.05, 4.69) is 14.9 Å². The molecule has 0 unspecified atom stereocenters. The minimum absolute atomic E-state index is 0.0623. The van der Waals surface area contributed by atoms with E-state index in [9.17, 15) is 9.90 Å². The van der Waals surface area contributed by atoms with Crippen LogP contribution in [0.2, 0.25) is 0 Å². The molecule has 22 heavy (non-hydrogen) atoms. The van der Waals surface area contributed by atoms with Gasteiger partial charge in [-0.05, 0) is 42.0 Å². The summed E-state index contributed by atoms with van der Waals surface area (Å²) in [4.78, 5) is 12.4. The molecule has 3 aromatic heterocycles. The zero-order chi connectivity index (χ0) is 15.5. The summed E-state index contributed by atoms with van der Waals surface area (Å²) in [6.07, 6.45) is -0.905. The number of nitrogens with zero attached hydrogens (tertiary/aromatic N) is 2. The lowest BCUT2D eigenvalue weighted by atomic mass is 10.2. The number of nitrogens with one attached hydrogen (secondary N) is 1. The van der Waals surface area contributed by atoms with Crippen molar-refractivity contribution in [2.75, 3.05) is 6.54 Å². The van der Waals surface area contributed by atoms with Crippen LogP contribution in [0, 0.1) is 6.92 Å². The van der Waals surface area contributed by atoms with E-state index in [1.54, 1.807) is 30.4 Å². The maximum atomic E-state index is 11.9. The fourth-order valence-corrected chi connectivity index (χ4v) is 3.12. The number of rotatable bonds is 5. The number of aliphatic hydroxyl groups is 1. The number of carbonyl (C=O) groups excluding carboxylic acids is 1. The fraction of sp³-hybridized carbons (Fsp3) is 0.214. The molecule has 114 valence electrons. The summed E-state index contributed by atoms with van der Waals surface area (Å²) in [5.74, 6) is 0.820. The predicted molar refractivity (Wildman–Crippen MR) is 84.0 cm³/mol. The molecule has 0 saturated carbocycles. The number of hydrogen-bond acceptors (Lipinski definition) is 7. The first-order chi connectivity index (χ1) is 10.6. The standard InChI is InChI=1S/C14H13N3O3S2/c1-8-13(22-17-16-8)14(19)15-6-10(18)12-3-2-11(20-12)9-4-5-21-7-9/h2-5,7,10,18H,6H2,1H3,(H,15,19)/t10-/m0/s1. The van der Waals surface area contributed by atoms with E-state index in [4.69, 9.17) is 4.42 Å². The van der Waals surface area contributed by atoms with E-state index in [0.29, 0.717) is 22.1 Å². The average Bonchev–Trinajstić information content (AvgIpc) is 3.23. The molecule has 6 nitrogen and oxygen atoms in total. The average molecular weight is 335 g/mol. The lowest BCUT2D eigenvalue weighted by Crippen LogP contribution is -2.28. The van der Waals surface area contributed by atoms with Crippen molar-refractivity contribution in [2.24, 2.45) is 0 Å². The lowest BCUT2D eigenvalue weighted by Gasteiger charge is -2.08. The summed E-state index contributed by atoms with van der Waals surface area (Å²) >= 11 is 2.61. The lowest BCUT2D eigenvalue weighted by molar-refractivity contribution is 0.0905. The van der Waals surface area contributed by atoms with E-state index in [1.165, 1.54) is 0 Å². The maximum absolute atomic E-state index is 11.9. The van der Waals surface area contributed by atoms with Crippen LogP contribution in [-0.2, 0) is 0 Å². The van der Waals surface area contributed by atoms with Gasteiger partial charge in [0.2, 0.25) is 0 Å². The largest absolute Gasteiger partial charge is 0.458 e. The van der Waals surface area contributed by atoms with Gasteiger partial charge in [-0.25, -0.2) is 0 Å². The highest BCUT2D eigenvalue weighted by Gasteiger charge is 2.17. The van der Waals surface area contributed by atoms with Crippen molar-refractivity contribution in [3.05, 3.63) is 45.3 Å². The second-order valence-corrected chi connectivity index (χ2v) is 6.16. The first-order valence-corrected chi connectivity index (χ1v) is 8.24. The maximum Gasteiger partial charge on any atom is 0.265 e. The van der Waals surface area contributed by atoms with Gasteiger partial charge in [0.25, 0.3) is 5.91 Å². The monoisotopic (exact) mass is 335 g/mol. The van der Waals surface area contributed by atoms with Gasteiger partial charge in [0.1, 0.15) is 22.5 Å². The van der Waals surface area contributed by atoms with E-state index in [-0.39, 0.29) is 12.5 Å². The van der Waals surface area contributed by atoms with Crippen molar-refractivity contribution in [1.82, 2.24) is 14.9 Å². The zero-order valence-corrected chi connectivity index (χ0v) is 13.3. The van der Waals surface area contributed by atoms with Gasteiger partial charge in [-0.3, -0.25) is 4.79 Å². The topological polar surface area (TPSA) is 88.2 Å². The zero-order valence-electron chi connectivity index (χ0n) is 11.6. The van der Waals surface area contributed by atoms with Gasteiger partial charge < -0.3 is 14.8 Å². The van der Waals surface area contributed by atoms with Crippen molar-refractivity contribution in [2.45, 2.75) is 13.0 Å². The normalized spacial score (nSPS) is 12.3. The molecule has 0 radical (unpaired) electrons. The molecule has 0 saturated heterocycles. The van der Waals surface area contributed by atoms with Crippen molar-refractivity contribution in [1.29, 1.82) is 0 Å². The third-order valence-corrected chi connectivity index (χ3v) is 4.58. The van der Waals surface area contributed by atoms with Crippen molar-refractivity contribution in [3.8, 4) is 11.3 Å². The smallest absolute Gasteiger partial charge is 0.265 e.